The van der Waals surface area contributed by atoms with Crippen molar-refractivity contribution in [2.45, 2.75) is 141 Å². The Balaban J connectivity index is 0.000000229. The Morgan fingerprint density at radius 2 is 1.19 bits per heavy atom. The average Bonchev–Trinajstić information content (AvgIpc) is 3.78. The molecule has 2 heterocycles. The van der Waals surface area contributed by atoms with Gasteiger partial charge in [0.1, 0.15) is 16.1 Å². The third kappa shape index (κ3) is 10.9. The molecular weight excluding hydrogens is 665 g/mol. The van der Waals surface area contributed by atoms with Crippen molar-refractivity contribution in [1.82, 2.24) is 16.0 Å². The van der Waals surface area contributed by atoms with E-state index >= 15 is 0 Å². The standard InChI is InChI=1S/C20H28F2N2O3S.C14H19NO4S/c1-11-13(14-9-15(14)24-18(26)27-19(2,3)4)10-16(28-11)17(25)23-12-5-7-20(21,22)8-6-12;1-7-8(6-11(20-7)12(16)17)9-5-10(9)15-13(18)19-14(2,3)4/h10,12,14-15H,5-9H2,1-4H3,(H,23,25)(H,24,26);6,9-10H,5H2,1-4H3,(H,15,18)(H,16,17)/t14-,15+;9-,10+/m00/s1. The lowest BCUT2D eigenvalue weighted by Crippen LogP contribution is -2.40. The van der Waals surface area contributed by atoms with E-state index in [0.717, 1.165) is 33.7 Å². The summed E-state index contributed by atoms with van der Waals surface area (Å²) in [6.07, 6.45) is 1.06. The Morgan fingerprint density at radius 1 is 0.771 bits per heavy atom. The molecule has 4 atom stereocenters. The molecule has 0 radical (unpaired) electrons. The number of aryl methyl sites for hydroxylation is 2. The van der Waals surface area contributed by atoms with Crippen molar-refractivity contribution in [3.05, 3.63) is 42.8 Å². The van der Waals surface area contributed by atoms with E-state index in [9.17, 15) is 28.0 Å². The van der Waals surface area contributed by atoms with E-state index in [2.05, 4.69) is 16.0 Å². The number of hydrogen-bond donors (Lipinski definition) is 4. The number of hydrogen-bond acceptors (Lipinski definition) is 8. The minimum atomic E-state index is -2.60. The van der Waals surface area contributed by atoms with Gasteiger partial charge in [-0.15, -0.1) is 22.7 Å². The normalized spacial score (nSPS) is 23.2. The molecule has 5 rings (SSSR count). The van der Waals surface area contributed by atoms with Gasteiger partial charge in [-0.2, -0.15) is 0 Å². The van der Waals surface area contributed by atoms with Crippen LogP contribution in [0.3, 0.4) is 0 Å². The van der Waals surface area contributed by atoms with Crippen LogP contribution in [0.5, 0.6) is 0 Å². The first-order valence-electron chi connectivity index (χ1n) is 16.2. The summed E-state index contributed by atoms with van der Waals surface area (Å²) in [4.78, 5) is 50.0. The van der Waals surface area contributed by atoms with Gasteiger partial charge in [0, 0.05) is 52.6 Å². The highest BCUT2D eigenvalue weighted by atomic mass is 32.1. The van der Waals surface area contributed by atoms with E-state index in [0.29, 0.717) is 22.6 Å². The molecule has 0 bridgehead atoms. The Labute approximate surface area is 288 Å². The van der Waals surface area contributed by atoms with Crippen molar-refractivity contribution in [2.75, 3.05) is 0 Å². The maximum Gasteiger partial charge on any atom is 0.407 e. The number of halogens is 2. The first kappa shape index (κ1) is 37.6. The molecule has 3 amide bonds. The van der Waals surface area contributed by atoms with Crippen LogP contribution in [0.2, 0.25) is 0 Å². The summed E-state index contributed by atoms with van der Waals surface area (Å²) in [6, 6.07) is 3.44. The van der Waals surface area contributed by atoms with Gasteiger partial charge in [-0.1, -0.05) is 0 Å². The third-order valence-electron chi connectivity index (χ3n) is 8.18. The summed E-state index contributed by atoms with van der Waals surface area (Å²) in [5, 5.41) is 17.6. The van der Waals surface area contributed by atoms with Gasteiger partial charge in [0.15, 0.2) is 0 Å². The number of alkyl halides is 2. The second kappa shape index (κ2) is 14.3. The predicted molar refractivity (Wildman–Crippen MR) is 181 cm³/mol. The number of nitrogens with one attached hydrogen (secondary N) is 3. The summed E-state index contributed by atoms with van der Waals surface area (Å²) in [5.41, 5.74) is 1.03. The van der Waals surface area contributed by atoms with Crippen LogP contribution in [-0.2, 0) is 9.47 Å². The minimum absolute atomic E-state index is 0.0136. The van der Waals surface area contributed by atoms with Gasteiger partial charge in [0.05, 0.1) is 4.88 Å². The summed E-state index contributed by atoms with van der Waals surface area (Å²) in [6.45, 7) is 14.8. The number of amides is 3. The monoisotopic (exact) mass is 711 g/mol. The van der Waals surface area contributed by atoms with Crippen LogP contribution in [0.15, 0.2) is 12.1 Å². The number of aromatic carboxylic acids is 1. The van der Waals surface area contributed by atoms with Crippen molar-refractivity contribution in [3.8, 4) is 0 Å². The number of rotatable bonds is 7. The van der Waals surface area contributed by atoms with E-state index in [1.807, 2.05) is 61.5 Å². The molecule has 2 aromatic rings. The van der Waals surface area contributed by atoms with Crippen molar-refractivity contribution >= 4 is 46.7 Å². The second-order valence-corrected chi connectivity index (χ2v) is 17.4. The number of thiophene rings is 2. The predicted octanol–water partition coefficient (Wildman–Crippen LogP) is 7.88. The number of carboxylic acids is 1. The molecule has 3 aliphatic rings. The van der Waals surface area contributed by atoms with Gasteiger partial charge in [-0.3, -0.25) is 4.79 Å². The Morgan fingerprint density at radius 3 is 1.58 bits per heavy atom. The highest BCUT2D eigenvalue weighted by Gasteiger charge is 2.43. The Bertz CT molecular complexity index is 1520. The number of ether oxygens (including phenoxy) is 2. The van der Waals surface area contributed by atoms with Gasteiger partial charge in [-0.25, -0.2) is 23.2 Å². The van der Waals surface area contributed by atoms with Gasteiger partial charge >= 0.3 is 18.2 Å². The smallest absolute Gasteiger partial charge is 0.407 e. The molecule has 10 nitrogen and oxygen atoms in total. The molecule has 0 aliphatic heterocycles. The summed E-state index contributed by atoms with van der Waals surface area (Å²) >= 11 is 2.68. The zero-order valence-electron chi connectivity index (χ0n) is 28.8. The minimum Gasteiger partial charge on any atom is -0.477 e. The molecule has 3 saturated carbocycles. The quantitative estimate of drug-likeness (QED) is 0.229. The molecule has 3 aliphatic carbocycles. The first-order valence-corrected chi connectivity index (χ1v) is 17.9. The number of alkyl carbamates (subject to hydrolysis) is 2. The molecule has 2 aromatic heterocycles. The fourth-order valence-electron chi connectivity index (χ4n) is 5.70. The molecule has 14 heteroatoms. The molecule has 4 N–H and O–H groups in total. The van der Waals surface area contributed by atoms with Crippen LogP contribution in [0.4, 0.5) is 18.4 Å². The van der Waals surface area contributed by atoms with Crippen LogP contribution in [0.25, 0.3) is 0 Å². The molecule has 0 unspecified atom stereocenters. The molecular formula is C34H47F2N3O7S2. The van der Waals surface area contributed by atoms with Crippen molar-refractivity contribution < 1.29 is 42.5 Å². The van der Waals surface area contributed by atoms with Crippen molar-refractivity contribution in [1.29, 1.82) is 0 Å². The Kier molecular flexibility index (Phi) is 11.2. The number of carbonyl (C=O) groups excluding carboxylic acids is 3. The fourth-order valence-corrected chi connectivity index (χ4v) is 7.63. The molecule has 266 valence electrons. The lowest BCUT2D eigenvalue weighted by molar-refractivity contribution is -0.0399. The first-order chi connectivity index (χ1) is 22.1. The summed E-state index contributed by atoms with van der Waals surface area (Å²) in [7, 11) is 0. The van der Waals surface area contributed by atoms with Gasteiger partial charge in [0.2, 0.25) is 5.92 Å². The highest BCUT2D eigenvalue weighted by Crippen LogP contribution is 2.46. The van der Waals surface area contributed by atoms with Crippen LogP contribution >= 0.6 is 22.7 Å². The van der Waals surface area contributed by atoms with Crippen LogP contribution in [0, 0.1) is 13.8 Å². The van der Waals surface area contributed by atoms with Crippen LogP contribution in [-0.4, -0.2) is 64.4 Å². The lowest BCUT2D eigenvalue weighted by atomic mass is 9.92. The highest BCUT2D eigenvalue weighted by molar-refractivity contribution is 7.14. The third-order valence-corrected chi connectivity index (χ3v) is 10.3. The molecule has 0 saturated heterocycles. The fraction of sp³-hybridized carbons (Fsp3) is 0.647. The average molecular weight is 712 g/mol. The van der Waals surface area contributed by atoms with Gasteiger partial charge in [0.25, 0.3) is 5.91 Å². The van der Waals surface area contributed by atoms with Crippen LogP contribution < -0.4 is 16.0 Å². The van der Waals surface area contributed by atoms with Crippen molar-refractivity contribution in [3.63, 3.8) is 0 Å². The van der Waals surface area contributed by atoms with Crippen molar-refractivity contribution in [2.24, 2.45) is 0 Å². The molecule has 0 aromatic carbocycles. The van der Waals surface area contributed by atoms with E-state index in [1.165, 1.54) is 22.7 Å². The zero-order valence-corrected chi connectivity index (χ0v) is 30.4. The SMILES string of the molecule is Cc1sc(C(=O)NC2CCC(F)(F)CC2)cc1[C@@H]1C[C@H]1NC(=O)OC(C)(C)C.Cc1sc(C(=O)O)cc1[C@@H]1C[C@H]1NC(=O)OC(C)(C)C. The Hall–Kier alpha value is -3.26. The van der Waals surface area contributed by atoms with Gasteiger partial charge in [-0.05, 0) is 104 Å². The van der Waals surface area contributed by atoms with E-state index in [-0.39, 0.29) is 48.7 Å². The number of carbonyl (C=O) groups is 4. The topological polar surface area (TPSA) is 143 Å². The van der Waals surface area contributed by atoms with E-state index < -0.39 is 35.3 Å². The van der Waals surface area contributed by atoms with Gasteiger partial charge < -0.3 is 30.5 Å². The van der Waals surface area contributed by atoms with E-state index in [1.54, 1.807) is 6.07 Å². The molecule has 0 spiro atoms. The maximum atomic E-state index is 13.3. The van der Waals surface area contributed by atoms with Crippen LogP contribution in [0.1, 0.15) is 132 Å². The molecule has 48 heavy (non-hydrogen) atoms. The summed E-state index contributed by atoms with van der Waals surface area (Å²) < 4.78 is 37.0. The second-order valence-electron chi connectivity index (χ2n) is 14.8. The maximum absolute atomic E-state index is 13.3. The zero-order chi connectivity index (χ0) is 35.8. The molecule has 3 fully saturated rings. The lowest BCUT2D eigenvalue weighted by Gasteiger charge is -2.28. The summed E-state index contributed by atoms with van der Waals surface area (Å²) in [5.74, 6) is -3.32. The number of carboxylic acid groups (broad SMARTS) is 1. The van der Waals surface area contributed by atoms with E-state index in [4.69, 9.17) is 14.6 Å². The largest absolute Gasteiger partial charge is 0.477 e.